The molecular formula is C22H14F2N4O4S. The molecule has 0 fully saturated rings. The number of amides is 1. The maximum atomic E-state index is 14.5. The van der Waals surface area contributed by atoms with Crippen molar-refractivity contribution >= 4 is 39.9 Å². The average Bonchev–Trinajstić information content (AvgIpc) is 2.79. The topological polar surface area (TPSA) is 107 Å². The summed E-state index contributed by atoms with van der Waals surface area (Å²) in [6, 6.07) is 14.8. The molecule has 0 aliphatic rings. The van der Waals surface area contributed by atoms with Crippen LogP contribution in [0.4, 0.5) is 20.2 Å². The van der Waals surface area contributed by atoms with Gasteiger partial charge in [0.25, 0.3) is 11.2 Å². The number of halogens is 2. The smallest absolute Gasteiger partial charge is 0.292 e. The molecule has 0 unspecified atom stereocenters. The van der Waals surface area contributed by atoms with Crippen LogP contribution in [0.5, 0.6) is 0 Å². The number of nitro benzene ring substituents is 1. The lowest BCUT2D eigenvalue weighted by Gasteiger charge is -2.14. The van der Waals surface area contributed by atoms with Crippen molar-refractivity contribution in [2.45, 2.75) is 5.16 Å². The second-order valence-electron chi connectivity index (χ2n) is 6.76. The van der Waals surface area contributed by atoms with E-state index in [9.17, 15) is 28.5 Å². The number of thioether (sulfide) groups is 1. The van der Waals surface area contributed by atoms with E-state index in [2.05, 4.69) is 10.3 Å². The van der Waals surface area contributed by atoms with Crippen LogP contribution in [0.1, 0.15) is 0 Å². The normalized spacial score (nSPS) is 10.8. The molecule has 1 N–H and O–H groups in total. The molecule has 166 valence electrons. The molecule has 4 aromatic rings. The van der Waals surface area contributed by atoms with Crippen molar-refractivity contribution in [1.29, 1.82) is 0 Å². The van der Waals surface area contributed by atoms with Gasteiger partial charge in [-0.1, -0.05) is 36.0 Å². The molecule has 1 aromatic heterocycles. The zero-order valence-corrected chi connectivity index (χ0v) is 17.5. The van der Waals surface area contributed by atoms with E-state index < -0.39 is 28.0 Å². The monoisotopic (exact) mass is 468 g/mol. The summed E-state index contributed by atoms with van der Waals surface area (Å²) in [5.41, 5.74) is -0.733. The second-order valence-corrected chi connectivity index (χ2v) is 7.70. The first-order valence-corrected chi connectivity index (χ1v) is 10.5. The molecule has 0 atom stereocenters. The van der Waals surface area contributed by atoms with Crippen molar-refractivity contribution in [2.24, 2.45) is 0 Å². The van der Waals surface area contributed by atoms with Crippen molar-refractivity contribution in [2.75, 3.05) is 11.1 Å². The van der Waals surface area contributed by atoms with Gasteiger partial charge in [-0.3, -0.25) is 24.3 Å². The number of anilines is 1. The molecule has 1 heterocycles. The molecule has 33 heavy (non-hydrogen) atoms. The molecule has 0 saturated heterocycles. The molecular weight excluding hydrogens is 454 g/mol. The molecule has 0 aliphatic heterocycles. The van der Waals surface area contributed by atoms with E-state index in [0.717, 1.165) is 28.5 Å². The number of hydrogen-bond donors (Lipinski definition) is 1. The van der Waals surface area contributed by atoms with Gasteiger partial charge in [-0.25, -0.2) is 13.8 Å². The Morgan fingerprint density at radius 2 is 1.82 bits per heavy atom. The lowest BCUT2D eigenvalue weighted by atomic mass is 10.2. The molecule has 1 amide bonds. The van der Waals surface area contributed by atoms with Crippen molar-refractivity contribution in [1.82, 2.24) is 9.55 Å². The summed E-state index contributed by atoms with van der Waals surface area (Å²) in [6.07, 6.45) is 0. The fourth-order valence-electron chi connectivity index (χ4n) is 3.14. The molecule has 0 saturated carbocycles. The zero-order chi connectivity index (χ0) is 23.5. The van der Waals surface area contributed by atoms with Crippen molar-refractivity contribution in [3.05, 3.63) is 98.8 Å². The van der Waals surface area contributed by atoms with Crippen LogP contribution >= 0.6 is 11.8 Å². The Bertz CT molecular complexity index is 1460. The number of nitro groups is 1. The standard InChI is InChI=1S/C22H14F2N4O4S/c23-13-9-10-18(15(24)11-13)27-21(30)14-5-1-2-6-16(14)26-22(27)33-12-20(29)25-17-7-3-4-8-19(17)28(31)32/h1-11H,12H2,(H,25,29). The number of hydrogen-bond acceptors (Lipinski definition) is 6. The predicted octanol–water partition coefficient (Wildman–Crippen LogP) is 4.30. The van der Waals surface area contributed by atoms with Gasteiger partial charge < -0.3 is 5.32 Å². The second kappa shape index (κ2) is 9.17. The van der Waals surface area contributed by atoms with Crippen molar-refractivity contribution < 1.29 is 18.5 Å². The van der Waals surface area contributed by atoms with Gasteiger partial charge in [-0.15, -0.1) is 0 Å². The van der Waals surface area contributed by atoms with Crippen LogP contribution in [0.3, 0.4) is 0 Å². The van der Waals surface area contributed by atoms with E-state index in [-0.39, 0.29) is 33.4 Å². The number of fused-ring (bicyclic) bond motifs is 1. The Morgan fingerprint density at radius 1 is 1.09 bits per heavy atom. The van der Waals surface area contributed by atoms with Crippen molar-refractivity contribution in [3.8, 4) is 5.69 Å². The van der Waals surface area contributed by atoms with Crippen LogP contribution in [-0.2, 0) is 4.79 Å². The molecule has 3 aromatic carbocycles. The molecule has 0 aliphatic carbocycles. The molecule has 4 rings (SSSR count). The van der Waals surface area contributed by atoms with Crippen LogP contribution in [-0.4, -0.2) is 26.1 Å². The zero-order valence-electron chi connectivity index (χ0n) is 16.7. The maximum absolute atomic E-state index is 14.5. The lowest BCUT2D eigenvalue weighted by Crippen LogP contribution is -2.24. The van der Waals surface area contributed by atoms with Gasteiger partial charge in [-0.05, 0) is 30.3 Å². The summed E-state index contributed by atoms with van der Waals surface area (Å²) in [5.74, 6) is -2.65. The predicted molar refractivity (Wildman–Crippen MR) is 120 cm³/mol. The third kappa shape index (κ3) is 4.58. The van der Waals surface area contributed by atoms with Gasteiger partial charge in [0.1, 0.15) is 17.3 Å². The highest BCUT2D eigenvalue weighted by atomic mass is 32.2. The molecule has 0 spiro atoms. The Labute approximate surface area is 189 Å². The Balaban J connectivity index is 1.70. The summed E-state index contributed by atoms with van der Waals surface area (Å²) >= 11 is 0.835. The Hall–Kier alpha value is -4.12. The highest BCUT2D eigenvalue weighted by Crippen LogP contribution is 2.26. The number of nitrogens with one attached hydrogen (secondary N) is 1. The number of carbonyl (C=O) groups excluding carboxylic acids is 1. The van der Waals surface area contributed by atoms with Gasteiger partial charge in [0.05, 0.1) is 27.3 Å². The minimum atomic E-state index is -0.972. The van der Waals surface area contributed by atoms with E-state index in [0.29, 0.717) is 11.6 Å². The number of rotatable bonds is 6. The van der Waals surface area contributed by atoms with Crippen LogP contribution in [0.15, 0.2) is 76.7 Å². The van der Waals surface area contributed by atoms with E-state index >= 15 is 0 Å². The molecule has 0 bridgehead atoms. The first kappa shape index (κ1) is 22.1. The fraction of sp³-hybridized carbons (Fsp3) is 0.0455. The number of benzene rings is 3. The summed E-state index contributed by atoms with van der Waals surface area (Å²) in [7, 11) is 0. The summed E-state index contributed by atoms with van der Waals surface area (Å²) in [6.45, 7) is 0. The first-order chi connectivity index (χ1) is 15.8. The minimum Gasteiger partial charge on any atom is -0.320 e. The van der Waals surface area contributed by atoms with Gasteiger partial charge in [-0.2, -0.15) is 0 Å². The highest BCUT2D eigenvalue weighted by Gasteiger charge is 2.19. The number of aromatic nitrogens is 2. The highest BCUT2D eigenvalue weighted by molar-refractivity contribution is 7.99. The number of nitrogens with zero attached hydrogens (tertiary/aromatic N) is 3. The third-order valence-electron chi connectivity index (χ3n) is 4.60. The summed E-state index contributed by atoms with van der Waals surface area (Å²) < 4.78 is 28.9. The van der Waals surface area contributed by atoms with Crippen LogP contribution < -0.4 is 10.9 Å². The largest absolute Gasteiger partial charge is 0.320 e. The lowest BCUT2D eigenvalue weighted by molar-refractivity contribution is -0.383. The average molecular weight is 468 g/mol. The summed E-state index contributed by atoms with van der Waals surface area (Å²) in [5, 5.41) is 13.8. The number of para-hydroxylation sites is 3. The Kier molecular flexibility index (Phi) is 6.13. The first-order valence-electron chi connectivity index (χ1n) is 9.48. The van der Waals surface area contributed by atoms with Crippen molar-refractivity contribution in [3.63, 3.8) is 0 Å². The molecule has 0 radical (unpaired) electrons. The van der Waals surface area contributed by atoms with Gasteiger partial charge in [0.2, 0.25) is 5.91 Å². The third-order valence-corrected chi connectivity index (χ3v) is 5.54. The van der Waals surface area contributed by atoms with Crippen LogP contribution in [0.2, 0.25) is 0 Å². The maximum Gasteiger partial charge on any atom is 0.292 e. The van der Waals surface area contributed by atoms with E-state index in [1.54, 1.807) is 18.2 Å². The van der Waals surface area contributed by atoms with Crippen LogP contribution in [0, 0.1) is 21.7 Å². The van der Waals surface area contributed by atoms with E-state index in [4.69, 9.17) is 0 Å². The van der Waals surface area contributed by atoms with Gasteiger partial charge in [0.15, 0.2) is 5.16 Å². The number of carbonyl (C=O) groups is 1. The van der Waals surface area contributed by atoms with E-state index in [1.807, 2.05) is 0 Å². The molecule has 11 heteroatoms. The van der Waals surface area contributed by atoms with Crippen LogP contribution in [0.25, 0.3) is 16.6 Å². The van der Waals surface area contributed by atoms with Gasteiger partial charge in [0, 0.05) is 12.1 Å². The summed E-state index contributed by atoms with van der Waals surface area (Å²) in [4.78, 5) is 40.5. The molecule has 8 nitrogen and oxygen atoms in total. The van der Waals surface area contributed by atoms with Gasteiger partial charge >= 0.3 is 0 Å². The Morgan fingerprint density at radius 3 is 2.58 bits per heavy atom. The fourth-order valence-corrected chi connectivity index (χ4v) is 3.94. The quantitative estimate of drug-likeness (QED) is 0.196. The SMILES string of the molecule is O=C(CSc1nc2ccccc2c(=O)n1-c1ccc(F)cc1F)Nc1ccccc1[N+](=O)[O-]. The van der Waals surface area contributed by atoms with E-state index in [1.165, 1.54) is 30.3 Å². The minimum absolute atomic E-state index is 0.00178.